The lowest BCUT2D eigenvalue weighted by atomic mass is 9.95. The first-order chi connectivity index (χ1) is 21.0. The standard InChI is InChI=1S/C36H32BN3O3/c37-32(24-38)36-39-28(23-33(40-36)31-14-4-5-15-35(31)42)10-6-8-25-16-18-26(19-17-25)20-21-34(41)27-9-7-13-30(22-27)43-29-11-2-1-3-12-29/h1-5,7,9,11-19,22-24,42H,6,8,10,20-21,38H2/p+1. The topological polar surface area (TPSA) is 99.6 Å². The van der Waals surface area contributed by atoms with Crippen molar-refractivity contribution in [3.63, 3.8) is 0 Å². The van der Waals surface area contributed by atoms with Crippen LogP contribution in [0.2, 0.25) is 0 Å². The summed E-state index contributed by atoms with van der Waals surface area (Å²) >= 11 is 0. The first-order valence-corrected chi connectivity index (χ1v) is 14.3. The predicted octanol–water partition coefficient (Wildman–Crippen LogP) is 6.48. The van der Waals surface area contributed by atoms with Crippen LogP contribution in [0.5, 0.6) is 17.2 Å². The molecule has 212 valence electrons. The molecule has 0 atom stereocenters. The number of aromatic amines is 1. The van der Waals surface area contributed by atoms with Crippen LogP contribution in [0.3, 0.4) is 0 Å². The number of aryl methyl sites for hydroxylation is 3. The van der Waals surface area contributed by atoms with Crippen LogP contribution >= 0.6 is 0 Å². The quantitative estimate of drug-likeness (QED) is 0.133. The molecule has 0 unspecified atom stereocenters. The number of benzene rings is 4. The number of Topliss-reactive ketones (excluding diaryl/α,β-unsaturated/α-hetero) is 1. The maximum Gasteiger partial charge on any atom is 0.315 e. The Balaban J connectivity index is 1.15. The minimum absolute atomic E-state index is 0.0860. The fourth-order valence-corrected chi connectivity index (χ4v) is 4.83. The van der Waals surface area contributed by atoms with Crippen molar-refractivity contribution in [2.45, 2.75) is 32.1 Å². The summed E-state index contributed by atoms with van der Waals surface area (Å²) in [6.07, 6.45) is 4.88. The molecule has 1 heterocycles. The molecule has 0 saturated heterocycles. The van der Waals surface area contributed by atoms with Gasteiger partial charge in [0.05, 0.1) is 5.56 Å². The number of phenolic OH excluding ortho intramolecular Hbond substituents is 1. The molecule has 0 amide bonds. The van der Waals surface area contributed by atoms with Gasteiger partial charge in [0.25, 0.3) is 0 Å². The first kappa shape index (κ1) is 29.3. The number of phenols is 1. The average Bonchev–Trinajstić information content (AvgIpc) is 3.04. The second-order valence-electron chi connectivity index (χ2n) is 10.3. The fourth-order valence-electron chi connectivity index (χ4n) is 4.83. The van der Waals surface area contributed by atoms with Crippen LogP contribution in [0.4, 0.5) is 0 Å². The number of ether oxygens (including phenoxy) is 1. The summed E-state index contributed by atoms with van der Waals surface area (Å²) in [5.41, 5.74) is 11.2. The van der Waals surface area contributed by atoms with Gasteiger partial charge in [-0.3, -0.25) is 4.79 Å². The van der Waals surface area contributed by atoms with Crippen molar-refractivity contribution in [3.8, 4) is 28.5 Å². The summed E-state index contributed by atoms with van der Waals surface area (Å²) in [6, 6.07) is 34.3. The van der Waals surface area contributed by atoms with Crippen LogP contribution < -0.4 is 15.5 Å². The maximum atomic E-state index is 12.9. The Morgan fingerprint density at radius 2 is 1.53 bits per heavy atom. The van der Waals surface area contributed by atoms with Gasteiger partial charge in [0.15, 0.2) is 11.5 Å². The number of carbonyl (C=O) groups excluding carboxylic acids is 1. The van der Waals surface area contributed by atoms with Gasteiger partial charge >= 0.3 is 5.82 Å². The van der Waals surface area contributed by atoms with E-state index in [1.807, 2.05) is 66.7 Å². The third kappa shape index (κ3) is 7.98. The van der Waals surface area contributed by atoms with Crippen molar-refractivity contribution in [2.24, 2.45) is 5.73 Å². The number of ketones is 1. The molecule has 2 radical (unpaired) electrons. The molecule has 4 aromatic carbocycles. The number of nitrogens with two attached hydrogens (primary N) is 1. The van der Waals surface area contributed by atoms with E-state index in [2.05, 4.69) is 34.2 Å². The van der Waals surface area contributed by atoms with Gasteiger partial charge in [0.1, 0.15) is 30.8 Å². The van der Waals surface area contributed by atoms with Crippen LogP contribution in [-0.4, -0.2) is 23.7 Å². The molecule has 0 spiro atoms. The molecule has 43 heavy (non-hydrogen) atoms. The zero-order chi connectivity index (χ0) is 30.0. The number of nitrogens with one attached hydrogen (secondary N) is 1. The Bertz CT molecular complexity index is 1720. The second-order valence-corrected chi connectivity index (χ2v) is 10.3. The summed E-state index contributed by atoms with van der Waals surface area (Å²) < 4.78 is 5.88. The molecule has 0 aliphatic rings. The normalized spacial score (nSPS) is 11.3. The lowest BCUT2D eigenvalue weighted by Crippen LogP contribution is -2.19. The highest BCUT2D eigenvalue weighted by atomic mass is 16.5. The minimum Gasteiger partial charge on any atom is -0.507 e. The van der Waals surface area contributed by atoms with Crippen molar-refractivity contribution in [3.05, 3.63) is 144 Å². The van der Waals surface area contributed by atoms with Crippen LogP contribution in [0.25, 0.3) is 16.7 Å². The Labute approximate surface area is 253 Å². The van der Waals surface area contributed by atoms with E-state index in [1.54, 1.807) is 18.2 Å². The second kappa shape index (κ2) is 14.1. The van der Waals surface area contributed by atoms with Gasteiger partial charge < -0.3 is 15.6 Å². The monoisotopic (exact) mass is 566 g/mol. The predicted molar refractivity (Wildman–Crippen MR) is 170 cm³/mol. The molecule has 4 N–H and O–H groups in total. The number of aromatic nitrogens is 2. The number of nitrogens with zero attached hydrogens (tertiary/aromatic N) is 1. The van der Waals surface area contributed by atoms with Crippen molar-refractivity contribution in [2.75, 3.05) is 0 Å². The largest absolute Gasteiger partial charge is 0.507 e. The Kier molecular flexibility index (Phi) is 9.65. The lowest BCUT2D eigenvalue weighted by molar-refractivity contribution is -0.373. The number of para-hydroxylation sites is 2. The van der Waals surface area contributed by atoms with Gasteiger partial charge in [-0.15, -0.1) is 0 Å². The third-order valence-corrected chi connectivity index (χ3v) is 7.16. The number of hydrogen-bond donors (Lipinski definition) is 2. The van der Waals surface area contributed by atoms with Crippen molar-refractivity contribution in [1.29, 1.82) is 0 Å². The summed E-state index contributed by atoms with van der Waals surface area (Å²) in [5, 5.41) is 10.3. The van der Waals surface area contributed by atoms with E-state index in [4.69, 9.17) is 18.3 Å². The number of rotatable bonds is 12. The minimum atomic E-state index is 0.0860. The van der Waals surface area contributed by atoms with Gasteiger partial charge in [-0.2, -0.15) is 0 Å². The smallest absolute Gasteiger partial charge is 0.315 e. The lowest BCUT2D eigenvalue weighted by Gasteiger charge is -2.08. The summed E-state index contributed by atoms with van der Waals surface area (Å²) in [7, 11) is 6.05. The molecule has 1 aromatic heterocycles. The van der Waals surface area contributed by atoms with E-state index in [0.29, 0.717) is 41.0 Å². The molecular formula is C36H33BN3O3+. The molecule has 6 nitrogen and oxygen atoms in total. The summed E-state index contributed by atoms with van der Waals surface area (Å²) in [5.74, 6) is 2.11. The highest BCUT2D eigenvalue weighted by Crippen LogP contribution is 2.27. The van der Waals surface area contributed by atoms with E-state index in [9.17, 15) is 9.90 Å². The molecule has 0 saturated carbocycles. The highest BCUT2D eigenvalue weighted by molar-refractivity contribution is 6.41. The Hall–Kier alpha value is -5.17. The van der Waals surface area contributed by atoms with E-state index in [0.717, 1.165) is 42.0 Å². The average molecular weight is 566 g/mol. The third-order valence-electron chi connectivity index (χ3n) is 7.16. The van der Waals surface area contributed by atoms with Crippen LogP contribution in [0.1, 0.15) is 45.8 Å². The van der Waals surface area contributed by atoms with Crippen LogP contribution in [-0.2, 0) is 19.3 Å². The number of hydrogen-bond acceptors (Lipinski definition) is 5. The first-order valence-electron chi connectivity index (χ1n) is 14.3. The zero-order valence-corrected chi connectivity index (χ0v) is 23.9. The molecule has 7 heteroatoms. The zero-order valence-electron chi connectivity index (χ0n) is 23.9. The van der Waals surface area contributed by atoms with Gasteiger partial charge in [0, 0.05) is 29.9 Å². The van der Waals surface area contributed by atoms with Crippen molar-refractivity contribution in [1.82, 2.24) is 4.98 Å². The van der Waals surface area contributed by atoms with Gasteiger partial charge in [-0.25, -0.2) is 4.98 Å². The van der Waals surface area contributed by atoms with Gasteiger partial charge in [-0.1, -0.05) is 66.7 Å². The number of aromatic hydroxyl groups is 1. The summed E-state index contributed by atoms with van der Waals surface area (Å²) in [6.45, 7) is 0. The van der Waals surface area contributed by atoms with E-state index < -0.39 is 0 Å². The molecular weight excluding hydrogens is 533 g/mol. The van der Waals surface area contributed by atoms with Gasteiger partial charge in [-0.05, 0) is 78.0 Å². The Morgan fingerprint density at radius 1 is 0.837 bits per heavy atom. The van der Waals surface area contributed by atoms with Crippen LogP contribution in [0.15, 0.2) is 115 Å². The SMILES string of the molecule is [B]C(=CN)c1nc(CCCc2ccc(CCC(=O)c3cccc(Oc4ccccc4)c3)cc2)cc(-c2ccccc2O)[nH+]1. The highest BCUT2D eigenvalue weighted by Gasteiger charge is 2.17. The fraction of sp³-hybridized carbons (Fsp3) is 0.139. The van der Waals surface area contributed by atoms with Crippen molar-refractivity contribution >= 4 is 19.1 Å². The maximum absolute atomic E-state index is 12.9. The summed E-state index contributed by atoms with van der Waals surface area (Å²) in [4.78, 5) is 20.7. The molecule has 0 fully saturated rings. The molecule has 5 aromatic rings. The van der Waals surface area contributed by atoms with E-state index in [-0.39, 0.29) is 11.5 Å². The molecule has 0 bridgehead atoms. The van der Waals surface area contributed by atoms with E-state index >= 15 is 0 Å². The Morgan fingerprint density at radius 3 is 2.28 bits per heavy atom. The van der Waals surface area contributed by atoms with Crippen LogP contribution in [0, 0.1) is 0 Å². The number of carbonyl (C=O) groups is 1. The van der Waals surface area contributed by atoms with Gasteiger partial charge in [0.2, 0.25) is 0 Å². The molecule has 0 aliphatic heterocycles. The number of H-pyrrole nitrogens is 1. The molecule has 0 aliphatic carbocycles. The van der Waals surface area contributed by atoms with Crippen molar-refractivity contribution < 1.29 is 19.6 Å². The molecule has 5 rings (SSSR count). The van der Waals surface area contributed by atoms with E-state index in [1.165, 1.54) is 11.8 Å².